The molecule has 0 spiro atoms. The van der Waals surface area contributed by atoms with Crippen molar-refractivity contribution in [2.45, 2.75) is 13.5 Å². The lowest BCUT2D eigenvalue weighted by Crippen LogP contribution is -2.12. The van der Waals surface area contributed by atoms with E-state index >= 15 is 0 Å². The minimum atomic E-state index is -0.308. The van der Waals surface area contributed by atoms with Crippen LogP contribution >= 0.6 is 11.6 Å². The molecule has 0 saturated heterocycles. The standard InChI is InChI=1S/C7H9ClN2O2/c1-2-12-6(11)5-10-4-3-9-7(10)8/h3-4H,2,5H2,1H3. The van der Waals surface area contributed by atoms with E-state index in [4.69, 9.17) is 16.3 Å². The third-order valence-corrected chi connectivity index (χ3v) is 1.58. The number of hydrogen-bond acceptors (Lipinski definition) is 3. The molecule has 1 aromatic heterocycles. The molecule has 1 rings (SSSR count). The van der Waals surface area contributed by atoms with Crippen LogP contribution in [-0.2, 0) is 16.1 Å². The highest BCUT2D eigenvalue weighted by atomic mass is 35.5. The van der Waals surface area contributed by atoms with Gasteiger partial charge in [0.25, 0.3) is 0 Å². The third kappa shape index (κ3) is 2.23. The molecule has 0 unspecified atom stereocenters. The van der Waals surface area contributed by atoms with Crippen LogP contribution in [0.15, 0.2) is 12.4 Å². The Labute approximate surface area is 75.1 Å². The summed E-state index contributed by atoms with van der Waals surface area (Å²) < 4.78 is 6.24. The van der Waals surface area contributed by atoms with Gasteiger partial charge in [0.05, 0.1) is 6.61 Å². The average molecular weight is 189 g/mol. The van der Waals surface area contributed by atoms with Crippen LogP contribution in [0, 0.1) is 0 Å². The Morgan fingerprint density at radius 3 is 3.08 bits per heavy atom. The Balaban J connectivity index is 2.52. The number of aromatic nitrogens is 2. The van der Waals surface area contributed by atoms with Crippen molar-refractivity contribution in [1.82, 2.24) is 9.55 Å². The van der Waals surface area contributed by atoms with E-state index < -0.39 is 0 Å². The Bertz CT molecular complexity index is 272. The molecule has 0 radical (unpaired) electrons. The number of esters is 1. The van der Waals surface area contributed by atoms with Crippen LogP contribution in [0.25, 0.3) is 0 Å². The quantitative estimate of drug-likeness (QED) is 0.668. The summed E-state index contributed by atoms with van der Waals surface area (Å²) in [6.07, 6.45) is 3.15. The first-order valence-electron chi connectivity index (χ1n) is 3.56. The summed E-state index contributed by atoms with van der Waals surface area (Å²) in [5, 5.41) is 0.294. The van der Waals surface area contributed by atoms with E-state index in [9.17, 15) is 4.79 Å². The maximum atomic E-state index is 10.9. The Morgan fingerprint density at radius 1 is 1.83 bits per heavy atom. The number of carbonyl (C=O) groups is 1. The molecule has 0 bridgehead atoms. The van der Waals surface area contributed by atoms with E-state index in [1.54, 1.807) is 13.1 Å². The van der Waals surface area contributed by atoms with Gasteiger partial charge in [-0.15, -0.1) is 0 Å². The third-order valence-electron chi connectivity index (χ3n) is 1.27. The van der Waals surface area contributed by atoms with Crippen LogP contribution in [-0.4, -0.2) is 22.1 Å². The minimum absolute atomic E-state index is 0.118. The molecule has 1 heterocycles. The topological polar surface area (TPSA) is 44.1 Å². The lowest BCUT2D eigenvalue weighted by Gasteiger charge is -2.02. The highest BCUT2D eigenvalue weighted by molar-refractivity contribution is 6.28. The summed E-state index contributed by atoms with van der Waals surface area (Å²) in [6.45, 7) is 2.26. The number of ether oxygens (including phenoxy) is 1. The first-order valence-corrected chi connectivity index (χ1v) is 3.94. The van der Waals surface area contributed by atoms with E-state index in [1.165, 1.54) is 10.8 Å². The Morgan fingerprint density at radius 2 is 2.58 bits per heavy atom. The molecule has 0 aliphatic heterocycles. The van der Waals surface area contributed by atoms with Crippen LogP contribution < -0.4 is 0 Å². The maximum absolute atomic E-state index is 10.9. The van der Waals surface area contributed by atoms with Gasteiger partial charge in [-0.05, 0) is 18.5 Å². The number of halogens is 1. The molecule has 0 fully saturated rings. The second-order valence-electron chi connectivity index (χ2n) is 2.13. The van der Waals surface area contributed by atoms with Crippen LogP contribution in [0.5, 0.6) is 0 Å². The highest BCUT2D eigenvalue weighted by Crippen LogP contribution is 2.04. The second kappa shape index (κ2) is 4.11. The average Bonchev–Trinajstić information content (AvgIpc) is 2.37. The molecular weight excluding hydrogens is 180 g/mol. The van der Waals surface area contributed by atoms with E-state index in [0.29, 0.717) is 11.9 Å². The molecule has 12 heavy (non-hydrogen) atoms. The van der Waals surface area contributed by atoms with Crippen molar-refractivity contribution in [3.05, 3.63) is 17.7 Å². The number of hydrogen-bond donors (Lipinski definition) is 0. The summed E-state index contributed by atoms with van der Waals surface area (Å²) in [6, 6.07) is 0. The van der Waals surface area contributed by atoms with Gasteiger partial charge in [-0.25, -0.2) is 4.98 Å². The fraction of sp³-hybridized carbons (Fsp3) is 0.429. The van der Waals surface area contributed by atoms with Crippen molar-refractivity contribution in [2.24, 2.45) is 0 Å². The molecular formula is C7H9ClN2O2. The van der Waals surface area contributed by atoms with Crippen molar-refractivity contribution in [1.29, 1.82) is 0 Å². The lowest BCUT2D eigenvalue weighted by molar-refractivity contribution is -0.143. The van der Waals surface area contributed by atoms with Crippen molar-refractivity contribution in [3.8, 4) is 0 Å². The summed E-state index contributed by atoms with van der Waals surface area (Å²) in [5.74, 6) is -0.308. The molecule has 4 nitrogen and oxygen atoms in total. The normalized spacial score (nSPS) is 9.83. The first kappa shape index (κ1) is 9.06. The zero-order valence-electron chi connectivity index (χ0n) is 6.66. The van der Waals surface area contributed by atoms with Crippen molar-refractivity contribution < 1.29 is 9.53 Å². The van der Waals surface area contributed by atoms with Gasteiger partial charge in [-0.2, -0.15) is 0 Å². The SMILES string of the molecule is CCOC(=O)Cn1ccnc1Cl. The summed E-state index contributed by atoms with van der Waals surface area (Å²) in [7, 11) is 0. The molecule has 0 aliphatic rings. The van der Waals surface area contributed by atoms with Crippen LogP contribution in [0.4, 0.5) is 0 Å². The number of nitrogens with zero attached hydrogens (tertiary/aromatic N) is 2. The predicted octanol–water partition coefficient (Wildman–Crippen LogP) is 1.10. The smallest absolute Gasteiger partial charge is 0.326 e. The van der Waals surface area contributed by atoms with Crippen molar-refractivity contribution in [2.75, 3.05) is 6.61 Å². The predicted molar refractivity (Wildman–Crippen MR) is 43.9 cm³/mol. The molecule has 0 aliphatic carbocycles. The molecule has 0 aromatic carbocycles. The summed E-state index contributed by atoms with van der Waals surface area (Å²) in [5.41, 5.74) is 0. The van der Waals surface area contributed by atoms with Gasteiger partial charge in [0, 0.05) is 12.4 Å². The summed E-state index contributed by atoms with van der Waals surface area (Å²) in [4.78, 5) is 14.7. The van der Waals surface area contributed by atoms with Gasteiger partial charge >= 0.3 is 5.97 Å². The highest BCUT2D eigenvalue weighted by Gasteiger charge is 2.05. The number of imidazole rings is 1. The number of rotatable bonds is 3. The van der Waals surface area contributed by atoms with Crippen molar-refractivity contribution >= 4 is 17.6 Å². The molecule has 0 atom stereocenters. The minimum Gasteiger partial charge on any atom is -0.465 e. The molecule has 0 saturated carbocycles. The van der Waals surface area contributed by atoms with Gasteiger partial charge in [0.15, 0.2) is 0 Å². The molecule has 66 valence electrons. The van der Waals surface area contributed by atoms with Gasteiger partial charge < -0.3 is 9.30 Å². The van der Waals surface area contributed by atoms with Crippen LogP contribution in [0.1, 0.15) is 6.92 Å². The lowest BCUT2D eigenvalue weighted by atomic mass is 10.6. The zero-order valence-corrected chi connectivity index (χ0v) is 7.41. The molecule has 5 heteroatoms. The summed E-state index contributed by atoms with van der Waals surface area (Å²) >= 11 is 5.63. The Hall–Kier alpha value is -1.03. The van der Waals surface area contributed by atoms with E-state index in [2.05, 4.69) is 4.98 Å². The fourth-order valence-corrected chi connectivity index (χ4v) is 0.947. The maximum Gasteiger partial charge on any atom is 0.326 e. The van der Waals surface area contributed by atoms with Gasteiger partial charge in [0.2, 0.25) is 5.28 Å². The Kier molecular flexibility index (Phi) is 3.10. The van der Waals surface area contributed by atoms with Gasteiger partial charge in [-0.3, -0.25) is 4.79 Å². The molecule has 0 amide bonds. The van der Waals surface area contributed by atoms with Gasteiger partial charge in [0.1, 0.15) is 6.54 Å². The monoisotopic (exact) mass is 188 g/mol. The van der Waals surface area contributed by atoms with Gasteiger partial charge in [-0.1, -0.05) is 0 Å². The zero-order chi connectivity index (χ0) is 8.97. The number of carbonyl (C=O) groups excluding carboxylic acids is 1. The van der Waals surface area contributed by atoms with Crippen LogP contribution in [0.3, 0.4) is 0 Å². The van der Waals surface area contributed by atoms with E-state index in [-0.39, 0.29) is 12.5 Å². The van der Waals surface area contributed by atoms with Crippen LogP contribution in [0.2, 0.25) is 5.28 Å². The molecule has 1 aromatic rings. The van der Waals surface area contributed by atoms with E-state index in [1.807, 2.05) is 0 Å². The van der Waals surface area contributed by atoms with Crippen molar-refractivity contribution in [3.63, 3.8) is 0 Å². The molecule has 0 N–H and O–H groups in total. The largest absolute Gasteiger partial charge is 0.465 e. The fourth-order valence-electron chi connectivity index (χ4n) is 0.775. The van der Waals surface area contributed by atoms with E-state index in [0.717, 1.165) is 0 Å². The first-order chi connectivity index (χ1) is 5.74. The second-order valence-corrected chi connectivity index (χ2v) is 2.47.